The Kier molecular flexibility index (Phi) is 9.06. The van der Waals surface area contributed by atoms with Gasteiger partial charge in [-0.2, -0.15) is 0 Å². The first-order valence-electron chi connectivity index (χ1n) is 11.8. The smallest absolute Gasteiger partial charge is 0.254 e. The normalized spacial score (nSPS) is 11.0. The standard InChI is InChI=1S/C29H36N2O/c1-23(2)21-25-13-15-26(16-14-25)22-31(20-8-19-30)29(32)28-12-7-6-11-27(28)18-17-24-9-4-3-5-10-24/h3-7,9-16,23H,8,17-22,30H2,1-2H3. The van der Waals surface area contributed by atoms with E-state index >= 15 is 0 Å². The minimum atomic E-state index is 0.0911. The number of carbonyl (C=O) groups excluding carboxylic acids is 1. The summed E-state index contributed by atoms with van der Waals surface area (Å²) in [6.07, 6.45) is 3.64. The van der Waals surface area contributed by atoms with Crippen molar-refractivity contribution in [3.63, 3.8) is 0 Å². The van der Waals surface area contributed by atoms with E-state index < -0.39 is 0 Å². The largest absolute Gasteiger partial charge is 0.334 e. The highest BCUT2D eigenvalue weighted by atomic mass is 16.2. The second-order valence-corrected chi connectivity index (χ2v) is 8.93. The number of carbonyl (C=O) groups is 1. The van der Waals surface area contributed by atoms with Gasteiger partial charge in [0.15, 0.2) is 0 Å². The molecule has 0 aliphatic heterocycles. The number of nitrogens with zero attached hydrogens (tertiary/aromatic N) is 1. The minimum Gasteiger partial charge on any atom is -0.334 e. The summed E-state index contributed by atoms with van der Waals surface area (Å²) in [7, 11) is 0. The van der Waals surface area contributed by atoms with Gasteiger partial charge in [-0.1, -0.05) is 86.6 Å². The molecule has 3 rings (SSSR count). The Hall–Kier alpha value is -2.91. The van der Waals surface area contributed by atoms with Gasteiger partial charge in [0, 0.05) is 18.7 Å². The lowest BCUT2D eigenvalue weighted by Gasteiger charge is -2.24. The summed E-state index contributed by atoms with van der Waals surface area (Å²) >= 11 is 0. The molecule has 0 atom stereocenters. The van der Waals surface area contributed by atoms with Crippen LogP contribution in [0.1, 0.15) is 52.9 Å². The molecule has 2 N–H and O–H groups in total. The Balaban J connectivity index is 1.75. The fraction of sp³-hybridized carbons (Fsp3) is 0.345. The molecule has 0 spiro atoms. The van der Waals surface area contributed by atoms with Gasteiger partial charge in [-0.3, -0.25) is 4.79 Å². The van der Waals surface area contributed by atoms with E-state index in [2.05, 4.69) is 68.4 Å². The van der Waals surface area contributed by atoms with Crippen molar-refractivity contribution in [3.05, 3.63) is 107 Å². The summed E-state index contributed by atoms with van der Waals surface area (Å²) in [5, 5.41) is 0. The van der Waals surface area contributed by atoms with Crippen LogP contribution in [0.2, 0.25) is 0 Å². The highest BCUT2D eigenvalue weighted by Gasteiger charge is 2.19. The summed E-state index contributed by atoms with van der Waals surface area (Å²) in [6.45, 7) is 6.31. The fourth-order valence-electron chi connectivity index (χ4n) is 4.05. The van der Waals surface area contributed by atoms with Gasteiger partial charge in [-0.15, -0.1) is 0 Å². The quantitative estimate of drug-likeness (QED) is 0.428. The molecule has 3 nitrogen and oxygen atoms in total. The lowest BCUT2D eigenvalue weighted by molar-refractivity contribution is 0.0741. The predicted molar refractivity (Wildman–Crippen MR) is 134 cm³/mol. The number of rotatable bonds is 11. The van der Waals surface area contributed by atoms with Crippen LogP contribution < -0.4 is 5.73 Å². The number of benzene rings is 3. The lowest BCUT2D eigenvalue weighted by atomic mass is 9.98. The van der Waals surface area contributed by atoms with Crippen LogP contribution in [0.4, 0.5) is 0 Å². The van der Waals surface area contributed by atoms with Crippen molar-refractivity contribution >= 4 is 5.91 Å². The van der Waals surface area contributed by atoms with Crippen LogP contribution in [0.5, 0.6) is 0 Å². The van der Waals surface area contributed by atoms with Gasteiger partial charge in [0.25, 0.3) is 5.91 Å². The van der Waals surface area contributed by atoms with Crippen LogP contribution in [0.3, 0.4) is 0 Å². The van der Waals surface area contributed by atoms with Gasteiger partial charge in [0.1, 0.15) is 0 Å². The van der Waals surface area contributed by atoms with Crippen molar-refractivity contribution in [1.29, 1.82) is 0 Å². The van der Waals surface area contributed by atoms with Crippen LogP contribution >= 0.6 is 0 Å². The number of aryl methyl sites for hydroxylation is 2. The molecule has 0 saturated carbocycles. The average molecular weight is 429 g/mol. The van der Waals surface area contributed by atoms with Gasteiger partial charge in [0.05, 0.1) is 0 Å². The van der Waals surface area contributed by atoms with Crippen LogP contribution in [0.25, 0.3) is 0 Å². The Bertz CT molecular complexity index is 964. The third-order valence-electron chi connectivity index (χ3n) is 5.73. The molecule has 0 fully saturated rings. The van der Waals surface area contributed by atoms with Gasteiger partial charge >= 0.3 is 0 Å². The summed E-state index contributed by atoms with van der Waals surface area (Å²) < 4.78 is 0. The summed E-state index contributed by atoms with van der Waals surface area (Å²) in [5.41, 5.74) is 11.5. The molecule has 32 heavy (non-hydrogen) atoms. The Morgan fingerprint density at radius 2 is 1.47 bits per heavy atom. The zero-order valence-corrected chi connectivity index (χ0v) is 19.5. The maximum Gasteiger partial charge on any atom is 0.254 e. The van der Waals surface area contributed by atoms with E-state index in [-0.39, 0.29) is 5.91 Å². The van der Waals surface area contributed by atoms with Crippen molar-refractivity contribution in [3.8, 4) is 0 Å². The van der Waals surface area contributed by atoms with E-state index in [1.54, 1.807) is 0 Å². The maximum absolute atomic E-state index is 13.6. The first kappa shape index (κ1) is 23.7. The highest BCUT2D eigenvalue weighted by Crippen LogP contribution is 2.18. The molecule has 3 heteroatoms. The molecule has 0 aromatic heterocycles. The fourth-order valence-corrected chi connectivity index (χ4v) is 4.05. The maximum atomic E-state index is 13.6. The minimum absolute atomic E-state index is 0.0911. The highest BCUT2D eigenvalue weighted by molar-refractivity contribution is 5.95. The molecular weight excluding hydrogens is 392 g/mol. The second kappa shape index (κ2) is 12.2. The average Bonchev–Trinajstić information content (AvgIpc) is 2.81. The van der Waals surface area contributed by atoms with E-state index in [4.69, 9.17) is 5.73 Å². The second-order valence-electron chi connectivity index (χ2n) is 8.93. The molecule has 168 valence electrons. The van der Waals surface area contributed by atoms with Gasteiger partial charge in [-0.25, -0.2) is 0 Å². The zero-order valence-electron chi connectivity index (χ0n) is 19.5. The van der Waals surface area contributed by atoms with E-state index in [1.165, 1.54) is 11.1 Å². The van der Waals surface area contributed by atoms with E-state index in [0.29, 0.717) is 25.6 Å². The molecule has 1 amide bonds. The van der Waals surface area contributed by atoms with E-state index in [0.717, 1.165) is 42.4 Å². The molecule has 3 aromatic carbocycles. The monoisotopic (exact) mass is 428 g/mol. The first-order valence-corrected chi connectivity index (χ1v) is 11.8. The van der Waals surface area contributed by atoms with Crippen molar-refractivity contribution in [2.24, 2.45) is 11.7 Å². The molecule has 0 aliphatic carbocycles. The van der Waals surface area contributed by atoms with Crippen LogP contribution in [0, 0.1) is 5.92 Å². The lowest BCUT2D eigenvalue weighted by Crippen LogP contribution is -2.33. The molecule has 0 unspecified atom stereocenters. The summed E-state index contributed by atoms with van der Waals surface area (Å²) in [5.74, 6) is 0.726. The number of hydrogen-bond acceptors (Lipinski definition) is 2. The topological polar surface area (TPSA) is 46.3 Å². The van der Waals surface area contributed by atoms with Crippen molar-refractivity contribution in [2.45, 2.75) is 46.1 Å². The molecule has 0 radical (unpaired) electrons. The summed E-state index contributed by atoms with van der Waals surface area (Å²) in [4.78, 5) is 15.5. The number of nitrogens with two attached hydrogens (primary N) is 1. The molecule has 0 aliphatic rings. The first-order chi connectivity index (χ1) is 15.6. The number of hydrogen-bond donors (Lipinski definition) is 1. The Labute approximate surface area is 193 Å². The Morgan fingerprint density at radius 1 is 0.812 bits per heavy atom. The molecule has 3 aromatic rings. The van der Waals surface area contributed by atoms with Crippen LogP contribution in [-0.4, -0.2) is 23.9 Å². The third kappa shape index (κ3) is 7.06. The van der Waals surface area contributed by atoms with Crippen LogP contribution in [0.15, 0.2) is 78.9 Å². The van der Waals surface area contributed by atoms with Crippen molar-refractivity contribution < 1.29 is 4.79 Å². The predicted octanol–water partition coefficient (Wildman–Crippen LogP) is 5.66. The summed E-state index contributed by atoms with van der Waals surface area (Å²) in [6, 6.07) is 27.2. The van der Waals surface area contributed by atoms with Gasteiger partial charge in [0.2, 0.25) is 0 Å². The molecule has 0 heterocycles. The van der Waals surface area contributed by atoms with E-state index in [9.17, 15) is 4.79 Å². The van der Waals surface area contributed by atoms with Gasteiger partial charge in [-0.05, 0) is 66.5 Å². The van der Waals surface area contributed by atoms with Gasteiger partial charge < -0.3 is 10.6 Å². The third-order valence-corrected chi connectivity index (χ3v) is 5.73. The SMILES string of the molecule is CC(C)Cc1ccc(CN(CCCN)C(=O)c2ccccc2CCc2ccccc2)cc1. The Morgan fingerprint density at radius 3 is 2.16 bits per heavy atom. The zero-order chi connectivity index (χ0) is 22.8. The van der Waals surface area contributed by atoms with Crippen molar-refractivity contribution in [2.75, 3.05) is 13.1 Å². The molecule has 0 saturated heterocycles. The van der Waals surface area contributed by atoms with E-state index in [1.807, 2.05) is 29.2 Å². The van der Waals surface area contributed by atoms with Crippen LogP contribution in [-0.2, 0) is 25.8 Å². The number of amides is 1. The molecule has 0 bridgehead atoms. The molecular formula is C29H36N2O. The van der Waals surface area contributed by atoms with Crippen molar-refractivity contribution in [1.82, 2.24) is 4.90 Å².